The quantitative estimate of drug-likeness (QED) is 0.799. The second-order valence-electron chi connectivity index (χ2n) is 5.82. The van der Waals surface area contributed by atoms with Crippen LogP contribution in [0, 0.1) is 0 Å². The van der Waals surface area contributed by atoms with Crippen molar-refractivity contribution in [1.82, 2.24) is 5.06 Å². The molecule has 0 atom stereocenters. The van der Waals surface area contributed by atoms with Crippen LogP contribution in [0.25, 0.3) is 0 Å². The van der Waals surface area contributed by atoms with Gasteiger partial charge in [0, 0.05) is 12.7 Å². The molecule has 5 nitrogen and oxygen atoms in total. The van der Waals surface area contributed by atoms with Crippen LogP contribution in [-0.4, -0.2) is 25.3 Å². The Labute approximate surface area is 143 Å². The molecule has 1 N–H and O–H groups in total. The molecule has 0 aromatic heterocycles. The molecule has 128 valence electrons. The molecule has 2 rings (SSSR count). The average Bonchev–Trinajstić information content (AvgIpc) is 2.60. The van der Waals surface area contributed by atoms with Gasteiger partial charge in [0.05, 0.1) is 7.11 Å². The number of amides is 2. The average molecular weight is 328 g/mol. The van der Waals surface area contributed by atoms with Crippen LogP contribution >= 0.6 is 0 Å². The standard InChI is InChI=1S/C19H24N2O3/c1-14(2)16-7-5-15(6-8-16)13-24-18-11-9-17(10-12-18)20-19(22)21(3)23-4/h5-12,14H,13H2,1-4H3,(H,20,22). The summed E-state index contributed by atoms with van der Waals surface area (Å²) in [6.45, 7) is 4.86. The van der Waals surface area contributed by atoms with Crippen LogP contribution in [0.1, 0.15) is 30.9 Å². The molecule has 0 unspecified atom stereocenters. The van der Waals surface area contributed by atoms with E-state index in [0.29, 0.717) is 18.2 Å². The number of hydrogen-bond acceptors (Lipinski definition) is 3. The predicted octanol–water partition coefficient (Wildman–Crippen LogP) is 4.41. The molecule has 5 heteroatoms. The summed E-state index contributed by atoms with van der Waals surface area (Å²) < 4.78 is 5.77. The number of anilines is 1. The van der Waals surface area contributed by atoms with E-state index in [2.05, 4.69) is 43.4 Å². The van der Waals surface area contributed by atoms with Gasteiger partial charge in [-0.15, -0.1) is 0 Å². The van der Waals surface area contributed by atoms with Gasteiger partial charge in [-0.3, -0.25) is 4.84 Å². The topological polar surface area (TPSA) is 50.8 Å². The van der Waals surface area contributed by atoms with Gasteiger partial charge in [0.1, 0.15) is 12.4 Å². The van der Waals surface area contributed by atoms with E-state index in [0.717, 1.165) is 16.4 Å². The number of hydroxylamine groups is 2. The van der Waals surface area contributed by atoms with Gasteiger partial charge in [-0.2, -0.15) is 0 Å². The highest BCUT2D eigenvalue weighted by Crippen LogP contribution is 2.19. The Morgan fingerprint density at radius 2 is 1.71 bits per heavy atom. The number of nitrogens with one attached hydrogen (secondary N) is 1. The number of urea groups is 1. The van der Waals surface area contributed by atoms with Crippen molar-refractivity contribution in [1.29, 1.82) is 0 Å². The lowest BCUT2D eigenvalue weighted by Gasteiger charge is -2.15. The third-order valence-electron chi connectivity index (χ3n) is 3.72. The summed E-state index contributed by atoms with van der Waals surface area (Å²) >= 11 is 0. The minimum atomic E-state index is -0.337. The zero-order valence-corrected chi connectivity index (χ0v) is 14.6. The summed E-state index contributed by atoms with van der Waals surface area (Å²) in [5.74, 6) is 1.28. The van der Waals surface area contributed by atoms with Crippen LogP contribution in [0.15, 0.2) is 48.5 Å². The van der Waals surface area contributed by atoms with Crippen molar-refractivity contribution in [2.45, 2.75) is 26.4 Å². The first-order valence-electron chi connectivity index (χ1n) is 7.90. The zero-order valence-electron chi connectivity index (χ0n) is 14.6. The van der Waals surface area contributed by atoms with Crippen molar-refractivity contribution in [3.8, 4) is 5.75 Å². The highest BCUT2D eigenvalue weighted by molar-refractivity contribution is 5.88. The monoisotopic (exact) mass is 328 g/mol. The normalized spacial score (nSPS) is 10.5. The minimum Gasteiger partial charge on any atom is -0.489 e. The van der Waals surface area contributed by atoms with Gasteiger partial charge in [-0.1, -0.05) is 38.1 Å². The molecular weight excluding hydrogens is 304 g/mol. The molecule has 0 bridgehead atoms. The van der Waals surface area contributed by atoms with E-state index >= 15 is 0 Å². The number of carbonyl (C=O) groups is 1. The summed E-state index contributed by atoms with van der Waals surface area (Å²) in [4.78, 5) is 16.5. The van der Waals surface area contributed by atoms with Crippen LogP contribution in [0.4, 0.5) is 10.5 Å². The molecule has 0 fully saturated rings. The first kappa shape index (κ1) is 17.8. The van der Waals surface area contributed by atoms with E-state index in [1.807, 2.05) is 12.1 Å². The Hall–Kier alpha value is -2.53. The molecular formula is C19H24N2O3. The Kier molecular flexibility index (Phi) is 6.21. The Balaban J connectivity index is 1.88. The third kappa shape index (κ3) is 4.99. The van der Waals surface area contributed by atoms with Crippen molar-refractivity contribution in [2.75, 3.05) is 19.5 Å². The Bertz CT molecular complexity index is 651. The highest BCUT2D eigenvalue weighted by atomic mass is 16.7. The van der Waals surface area contributed by atoms with E-state index in [-0.39, 0.29) is 6.03 Å². The fourth-order valence-corrected chi connectivity index (χ4v) is 2.09. The molecule has 2 aromatic rings. The predicted molar refractivity (Wildman–Crippen MR) is 95.1 cm³/mol. The van der Waals surface area contributed by atoms with Gasteiger partial charge in [0.2, 0.25) is 0 Å². The smallest absolute Gasteiger partial charge is 0.345 e. The number of hydrogen-bond donors (Lipinski definition) is 1. The molecule has 0 spiro atoms. The number of ether oxygens (including phenoxy) is 1. The first-order valence-corrected chi connectivity index (χ1v) is 7.90. The van der Waals surface area contributed by atoms with Gasteiger partial charge >= 0.3 is 6.03 Å². The molecule has 0 saturated heterocycles. The molecule has 2 amide bonds. The van der Waals surface area contributed by atoms with Gasteiger partial charge in [0.15, 0.2) is 0 Å². The maximum Gasteiger partial charge on any atom is 0.345 e. The number of benzene rings is 2. The summed E-state index contributed by atoms with van der Waals surface area (Å²) in [6.07, 6.45) is 0. The Morgan fingerprint density at radius 3 is 2.25 bits per heavy atom. The van der Waals surface area contributed by atoms with E-state index in [4.69, 9.17) is 9.57 Å². The van der Waals surface area contributed by atoms with Gasteiger partial charge < -0.3 is 10.1 Å². The van der Waals surface area contributed by atoms with Crippen molar-refractivity contribution in [2.24, 2.45) is 0 Å². The summed E-state index contributed by atoms with van der Waals surface area (Å²) in [5, 5.41) is 3.83. The van der Waals surface area contributed by atoms with Crippen LogP contribution in [0.2, 0.25) is 0 Å². The first-order chi connectivity index (χ1) is 11.5. The molecule has 0 aliphatic carbocycles. The molecule has 0 radical (unpaired) electrons. The van der Waals surface area contributed by atoms with E-state index in [9.17, 15) is 4.79 Å². The van der Waals surface area contributed by atoms with Gasteiger partial charge in [0.25, 0.3) is 0 Å². The van der Waals surface area contributed by atoms with E-state index < -0.39 is 0 Å². The molecule has 0 heterocycles. The highest BCUT2D eigenvalue weighted by Gasteiger charge is 2.07. The van der Waals surface area contributed by atoms with Crippen LogP contribution < -0.4 is 10.1 Å². The summed E-state index contributed by atoms with van der Waals surface area (Å²) in [5.41, 5.74) is 3.12. The largest absolute Gasteiger partial charge is 0.489 e. The molecule has 0 saturated carbocycles. The Morgan fingerprint density at radius 1 is 1.08 bits per heavy atom. The summed E-state index contributed by atoms with van der Waals surface area (Å²) in [7, 11) is 2.97. The van der Waals surface area contributed by atoms with E-state index in [1.165, 1.54) is 19.7 Å². The number of carbonyl (C=O) groups excluding carboxylic acids is 1. The maximum absolute atomic E-state index is 11.7. The molecule has 2 aromatic carbocycles. The number of nitrogens with zero attached hydrogens (tertiary/aromatic N) is 1. The van der Waals surface area contributed by atoms with Crippen LogP contribution in [-0.2, 0) is 11.4 Å². The minimum absolute atomic E-state index is 0.337. The van der Waals surface area contributed by atoms with Crippen LogP contribution in [0.3, 0.4) is 0 Å². The second-order valence-corrected chi connectivity index (χ2v) is 5.82. The summed E-state index contributed by atoms with van der Waals surface area (Å²) in [6, 6.07) is 15.3. The molecule has 24 heavy (non-hydrogen) atoms. The lowest BCUT2D eigenvalue weighted by molar-refractivity contribution is -0.0598. The van der Waals surface area contributed by atoms with Crippen molar-refractivity contribution >= 4 is 11.7 Å². The fraction of sp³-hybridized carbons (Fsp3) is 0.316. The lowest BCUT2D eigenvalue weighted by Crippen LogP contribution is -2.30. The van der Waals surface area contributed by atoms with Crippen molar-refractivity contribution in [3.05, 3.63) is 59.7 Å². The van der Waals surface area contributed by atoms with Crippen LogP contribution in [0.5, 0.6) is 5.75 Å². The van der Waals surface area contributed by atoms with Crippen molar-refractivity contribution < 1.29 is 14.4 Å². The zero-order chi connectivity index (χ0) is 17.5. The van der Waals surface area contributed by atoms with E-state index in [1.54, 1.807) is 12.1 Å². The third-order valence-corrected chi connectivity index (χ3v) is 3.72. The van der Waals surface area contributed by atoms with Gasteiger partial charge in [-0.05, 0) is 41.3 Å². The molecule has 0 aliphatic heterocycles. The van der Waals surface area contributed by atoms with Gasteiger partial charge in [-0.25, -0.2) is 9.86 Å². The lowest BCUT2D eigenvalue weighted by atomic mass is 10.0. The SMILES string of the molecule is CON(C)C(=O)Nc1ccc(OCc2ccc(C(C)C)cc2)cc1. The maximum atomic E-state index is 11.7. The van der Waals surface area contributed by atoms with Crippen molar-refractivity contribution in [3.63, 3.8) is 0 Å². The fourth-order valence-electron chi connectivity index (χ4n) is 2.09. The second kappa shape index (κ2) is 8.36. The molecule has 0 aliphatic rings. The number of rotatable bonds is 6.